The molecular formula is C19H23ClN5O5S+. The van der Waals surface area contributed by atoms with Gasteiger partial charge in [-0.3, -0.25) is 5.32 Å². The Bertz CT molecular complexity index is 1220. The summed E-state index contributed by atoms with van der Waals surface area (Å²) in [4.78, 5) is 11.7. The fourth-order valence-electron chi connectivity index (χ4n) is 2.96. The van der Waals surface area contributed by atoms with E-state index in [9.17, 15) is 18.4 Å². The largest absolute Gasteiger partial charge is 0.503 e. The highest BCUT2D eigenvalue weighted by Gasteiger charge is 2.30. The van der Waals surface area contributed by atoms with Gasteiger partial charge in [0.25, 0.3) is 5.82 Å². The van der Waals surface area contributed by atoms with Crippen LogP contribution < -0.4 is 15.2 Å². The highest BCUT2D eigenvalue weighted by Crippen LogP contribution is 2.39. The lowest BCUT2D eigenvalue weighted by Crippen LogP contribution is -2.23. The molecule has 0 aliphatic carbocycles. The van der Waals surface area contributed by atoms with Crippen molar-refractivity contribution in [3.8, 4) is 5.75 Å². The maximum Gasteiger partial charge on any atom is 0.371 e. The van der Waals surface area contributed by atoms with Gasteiger partial charge in [-0.2, -0.15) is 0 Å². The average molecular weight is 469 g/mol. The van der Waals surface area contributed by atoms with Crippen LogP contribution in [-0.2, 0) is 10.0 Å². The number of nitrogens with one attached hydrogen (secondary N) is 3. The van der Waals surface area contributed by atoms with E-state index in [4.69, 9.17) is 16.2 Å². The van der Waals surface area contributed by atoms with E-state index in [1.165, 1.54) is 26.2 Å². The third-order valence-electron chi connectivity index (χ3n) is 4.65. The number of nitrogens with zero attached hydrogens (tertiary/aromatic N) is 2. The Kier molecular flexibility index (Phi) is 6.58. The highest BCUT2D eigenvalue weighted by molar-refractivity contribution is 7.89. The normalized spacial score (nSPS) is 12.7. The van der Waals surface area contributed by atoms with Crippen molar-refractivity contribution >= 4 is 38.9 Å². The Morgan fingerprint density at radius 1 is 1.23 bits per heavy atom. The van der Waals surface area contributed by atoms with Gasteiger partial charge in [-0.15, -0.1) is 4.63 Å². The summed E-state index contributed by atoms with van der Waals surface area (Å²) in [6.45, 7) is 1.98. The van der Waals surface area contributed by atoms with Crippen molar-refractivity contribution in [3.05, 3.63) is 58.0 Å². The molecule has 0 spiro atoms. The number of phenolic OH excluding ortho intramolecular Hbond substituents is 1. The number of aromatic hydroxyl groups is 1. The highest BCUT2D eigenvalue weighted by atomic mass is 35.5. The maximum atomic E-state index is 12.6. The van der Waals surface area contributed by atoms with Crippen LogP contribution in [0, 0.1) is 4.91 Å². The first-order valence-electron chi connectivity index (χ1n) is 9.33. The maximum absolute atomic E-state index is 12.6. The Hall–Kier alpha value is -3.02. The molecule has 0 radical (unpaired) electrons. The van der Waals surface area contributed by atoms with Crippen molar-refractivity contribution in [3.63, 3.8) is 0 Å². The molecule has 0 aliphatic heterocycles. The number of phenols is 1. The fourth-order valence-corrected chi connectivity index (χ4v) is 4.44. The van der Waals surface area contributed by atoms with Crippen LogP contribution in [0.4, 0.5) is 17.3 Å². The lowest BCUT2D eigenvalue weighted by atomic mass is 10.0. The predicted molar refractivity (Wildman–Crippen MR) is 117 cm³/mol. The topological polar surface area (TPSA) is 134 Å². The van der Waals surface area contributed by atoms with E-state index in [-0.39, 0.29) is 33.0 Å². The molecule has 4 N–H and O–H groups in total. The van der Waals surface area contributed by atoms with E-state index in [1.54, 1.807) is 0 Å². The van der Waals surface area contributed by atoms with E-state index in [2.05, 4.69) is 15.8 Å². The van der Waals surface area contributed by atoms with Gasteiger partial charge in [0.05, 0.1) is 11.1 Å². The number of aromatic amines is 1. The predicted octanol–water partition coefficient (Wildman–Crippen LogP) is 3.44. The van der Waals surface area contributed by atoms with E-state index in [1.807, 2.05) is 37.3 Å². The number of benzene rings is 2. The van der Waals surface area contributed by atoms with Crippen LogP contribution in [0.15, 0.2) is 52.0 Å². The van der Waals surface area contributed by atoms with Crippen molar-refractivity contribution in [2.24, 2.45) is 0 Å². The van der Waals surface area contributed by atoms with Crippen LogP contribution in [-0.4, -0.2) is 37.1 Å². The smallest absolute Gasteiger partial charge is 0.371 e. The summed E-state index contributed by atoms with van der Waals surface area (Å²) in [6, 6.07) is 12.1. The van der Waals surface area contributed by atoms with E-state index in [0.717, 1.165) is 9.87 Å². The summed E-state index contributed by atoms with van der Waals surface area (Å²) in [7, 11) is -1.40. The molecule has 0 unspecified atom stereocenters. The summed E-state index contributed by atoms with van der Waals surface area (Å²) in [5.74, 6) is -0.499. The lowest BCUT2D eigenvalue weighted by molar-refractivity contribution is -0.701. The second-order valence-corrected chi connectivity index (χ2v) is 9.37. The minimum Gasteiger partial charge on any atom is -0.503 e. The molecular weight excluding hydrogens is 446 g/mol. The first kappa shape index (κ1) is 22.7. The molecule has 166 valence electrons. The number of anilines is 3. The second-order valence-electron chi connectivity index (χ2n) is 6.88. The minimum absolute atomic E-state index is 0.0416. The van der Waals surface area contributed by atoms with Gasteiger partial charge in [0.1, 0.15) is 10.6 Å². The van der Waals surface area contributed by atoms with Crippen LogP contribution in [0.2, 0.25) is 5.02 Å². The molecule has 0 bridgehead atoms. The SMILES string of the molecule is CC[C@@H](Nc1[nH]o[n+](=O)c1Nc1ccc(Cl)c(S(=O)(=O)N(C)C)c1O)c1ccccc1. The summed E-state index contributed by atoms with van der Waals surface area (Å²) in [6.07, 6.45) is 0.707. The number of sulfonamides is 1. The van der Waals surface area contributed by atoms with Crippen molar-refractivity contribution in [2.75, 3.05) is 24.7 Å². The van der Waals surface area contributed by atoms with Crippen LogP contribution >= 0.6 is 11.6 Å². The third-order valence-corrected chi connectivity index (χ3v) is 6.97. The monoisotopic (exact) mass is 468 g/mol. The summed E-state index contributed by atoms with van der Waals surface area (Å²) in [5.41, 5.74) is 0.955. The molecule has 3 rings (SSSR count). The first-order valence-corrected chi connectivity index (χ1v) is 11.2. The summed E-state index contributed by atoms with van der Waals surface area (Å²) >= 11 is 6.03. The fraction of sp³-hybridized carbons (Fsp3) is 0.263. The van der Waals surface area contributed by atoms with Crippen LogP contribution in [0.25, 0.3) is 0 Å². The molecule has 31 heavy (non-hydrogen) atoms. The summed E-state index contributed by atoms with van der Waals surface area (Å²) in [5, 5.41) is 18.9. The molecule has 1 heterocycles. The second kappa shape index (κ2) is 9.00. The Morgan fingerprint density at radius 2 is 1.90 bits per heavy atom. The van der Waals surface area contributed by atoms with Crippen LogP contribution in [0.3, 0.4) is 0 Å². The van der Waals surface area contributed by atoms with Crippen molar-refractivity contribution in [2.45, 2.75) is 24.3 Å². The van der Waals surface area contributed by atoms with E-state index < -0.39 is 20.7 Å². The standard InChI is InChI=1S/C19H22ClN5O5S/c1-4-14(12-8-6-5-7-9-12)21-18-19(25(27)30-23-18)22-15-11-10-13(20)17(16(15)26)31(28,29)24(2)3/h5-11,14,22H,4H2,1-3H3,(H2-,21,23,26,27)/p+1/t14-/m1/s1. The average Bonchev–Trinajstić information content (AvgIpc) is 3.07. The molecule has 0 fully saturated rings. The molecule has 12 heteroatoms. The van der Waals surface area contributed by atoms with Gasteiger partial charge in [0, 0.05) is 14.1 Å². The van der Waals surface area contributed by atoms with Gasteiger partial charge < -0.3 is 10.4 Å². The number of hydrogen-bond donors (Lipinski definition) is 4. The Balaban J connectivity index is 1.98. The number of hydrogen-bond acceptors (Lipinski definition) is 7. The number of rotatable bonds is 8. The Labute approximate surface area is 184 Å². The third kappa shape index (κ3) is 4.53. The molecule has 2 aromatic carbocycles. The first-order chi connectivity index (χ1) is 14.7. The molecule has 0 aliphatic rings. The van der Waals surface area contributed by atoms with E-state index >= 15 is 0 Å². The quantitative estimate of drug-likeness (QED) is 0.372. The van der Waals surface area contributed by atoms with Gasteiger partial charge in [-0.25, -0.2) is 12.7 Å². The van der Waals surface area contributed by atoms with Crippen molar-refractivity contribution < 1.29 is 22.8 Å². The zero-order valence-corrected chi connectivity index (χ0v) is 18.7. The molecule has 1 atom stereocenters. The van der Waals surface area contributed by atoms with Gasteiger partial charge in [-0.05, 0) is 29.0 Å². The lowest BCUT2D eigenvalue weighted by Gasteiger charge is -2.16. The van der Waals surface area contributed by atoms with Gasteiger partial charge in [0.15, 0.2) is 10.3 Å². The van der Waals surface area contributed by atoms with Gasteiger partial charge in [-0.1, -0.05) is 54.0 Å². The van der Waals surface area contributed by atoms with Crippen LogP contribution in [0.5, 0.6) is 5.75 Å². The van der Waals surface area contributed by atoms with Crippen molar-refractivity contribution in [1.29, 1.82) is 0 Å². The molecule has 0 amide bonds. The molecule has 10 nitrogen and oxygen atoms in total. The molecule has 0 saturated carbocycles. The minimum atomic E-state index is -4.04. The molecule has 3 aromatic rings. The zero-order valence-electron chi connectivity index (χ0n) is 17.1. The van der Waals surface area contributed by atoms with Crippen molar-refractivity contribution in [1.82, 2.24) is 9.46 Å². The summed E-state index contributed by atoms with van der Waals surface area (Å²) < 4.78 is 31.0. The van der Waals surface area contributed by atoms with Gasteiger partial charge in [0.2, 0.25) is 10.0 Å². The van der Waals surface area contributed by atoms with Gasteiger partial charge >= 0.3 is 5.82 Å². The van der Waals surface area contributed by atoms with E-state index in [0.29, 0.717) is 6.42 Å². The zero-order chi connectivity index (χ0) is 22.8. The van der Waals surface area contributed by atoms with Crippen LogP contribution in [0.1, 0.15) is 24.9 Å². The molecule has 0 saturated heterocycles. The molecule has 1 aromatic heterocycles. The Morgan fingerprint density at radius 3 is 2.52 bits per heavy atom. The number of H-pyrrole nitrogens is 1. The number of halogens is 1. The number of aromatic nitrogens is 2.